The fourth-order valence-electron chi connectivity index (χ4n) is 4.09. The van der Waals surface area contributed by atoms with Gasteiger partial charge >= 0.3 is 0 Å². The van der Waals surface area contributed by atoms with Crippen LogP contribution in [0.15, 0.2) is 65.3 Å². The molecule has 9 nitrogen and oxygen atoms in total. The smallest absolute Gasteiger partial charge is 0.294 e. The molecule has 0 atom stereocenters. The summed E-state index contributed by atoms with van der Waals surface area (Å²) in [6.07, 6.45) is 3.28. The molecule has 0 amide bonds. The summed E-state index contributed by atoms with van der Waals surface area (Å²) in [4.78, 5) is 9.43. The molecule has 4 heterocycles. The highest BCUT2D eigenvalue weighted by Gasteiger charge is 2.18. The Morgan fingerprint density at radius 1 is 0.921 bits per heavy atom. The van der Waals surface area contributed by atoms with Gasteiger partial charge in [0.15, 0.2) is 5.76 Å². The van der Waals surface area contributed by atoms with Gasteiger partial charge in [-0.1, -0.05) is 0 Å². The van der Waals surface area contributed by atoms with E-state index < -0.39 is 0 Å². The topological polar surface area (TPSA) is 93.1 Å². The van der Waals surface area contributed by atoms with Crippen molar-refractivity contribution in [2.75, 3.05) is 21.3 Å². The molecule has 0 bridgehead atoms. The average molecular weight is 533 g/mol. The van der Waals surface area contributed by atoms with Crippen LogP contribution in [-0.4, -0.2) is 40.9 Å². The fraction of sp³-hybridized carbons (Fsp3) is 0.148. The second-order valence-electron chi connectivity index (χ2n) is 8.28. The lowest BCUT2D eigenvalue weighted by molar-refractivity contribution is 0.307. The van der Waals surface area contributed by atoms with Crippen molar-refractivity contribution >= 4 is 27.3 Å². The first-order valence-corrected chi connectivity index (χ1v) is 12.3. The number of imidazole rings is 1. The lowest BCUT2D eigenvalue weighted by atomic mass is 10.1. The highest BCUT2D eigenvalue weighted by molar-refractivity contribution is 7.18. The predicted octanol–water partition coefficient (Wildman–Crippen LogP) is 6.01. The molecule has 38 heavy (non-hydrogen) atoms. The van der Waals surface area contributed by atoms with E-state index in [1.54, 1.807) is 62.5 Å². The summed E-state index contributed by atoms with van der Waals surface area (Å²) in [5.41, 5.74) is 3.14. The van der Waals surface area contributed by atoms with Crippen LogP contribution in [0.25, 0.3) is 38.6 Å². The third-order valence-corrected chi connectivity index (χ3v) is 6.81. The minimum Gasteiger partial charge on any atom is -0.496 e. The molecule has 0 fully saturated rings. The van der Waals surface area contributed by atoms with E-state index in [9.17, 15) is 4.39 Å². The summed E-state index contributed by atoms with van der Waals surface area (Å²) in [5, 5.41) is 5.63. The molecule has 0 unspecified atom stereocenters. The predicted molar refractivity (Wildman–Crippen MR) is 140 cm³/mol. The molecule has 0 spiro atoms. The van der Waals surface area contributed by atoms with Crippen LogP contribution in [0.5, 0.6) is 22.4 Å². The van der Waals surface area contributed by atoms with Gasteiger partial charge in [-0.05, 0) is 53.3 Å². The SMILES string of the molecule is COc1ccc(-c2cc(F)cc(COc3cc(OC)cc4oc(-c5cnc6sc(OC)nn56)cc34)c2)nc1. The molecular weight excluding hydrogens is 511 g/mol. The van der Waals surface area contributed by atoms with Gasteiger partial charge in [-0.3, -0.25) is 4.98 Å². The van der Waals surface area contributed by atoms with Crippen LogP contribution in [0.4, 0.5) is 4.39 Å². The minimum absolute atomic E-state index is 0.115. The quantitative estimate of drug-likeness (QED) is 0.235. The van der Waals surface area contributed by atoms with Crippen LogP contribution in [0.3, 0.4) is 0 Å². The van der Waals surface area contributed by atoms with E-state index in [2.05, 4.69) is 15.1 Å². The van der Waals surface area contributed by atoms with Gasteiger partial charge in [0.05, 0.1) is 44.8 Å². The van der Waals surface area contributed by atoms with E-state index in [1.807, 2.05) is 12.1 Å². The van der Waals surface area contributed by atoms with E-state index in [4.69, 9.17) is 23.4 Å². The first-order valence-electron chi connectivity index (χ1n) is 11.5. The van der Waals surface area contributed by atoms with E-state index in [0.717, 1.165) is 5.39 Å². The minimum atomic E-state index is -0.386. The zero-order chi connectivity index (χ0) is 26.2. The van der Waals surface area contributed by atoms with Gasteiger partial charge in [0, 0.05) is 17.7 Å². The molecule has 11 heteroatoms. The van der Waals surface area contributed by atoms with Crippen molar-refractivity contribution in [3.05, 3.63) is 72.3 Å². The molecule has 0 aliphatic heterocycles. The van der Waals surface area contributed by atoms with Crippen molar-refractivity contribution in [3.8, 4) is 45.2 Å². The Morgan fingerprint density at radius 2 is 1.79 bits per heavy atom. The number of furan rings is 1. The Morgan fingerprint density at radius 3 is 2.55 bits per heavy atom. The number of methoxy groups -OCH3 is 3. The van der Waals surface area contributed by atoms with Gasteiger partial charge in [0.2, 0.25) is 4.96 Å². The maximum Gasteiger partial charge on any atom is 0.294 e. The number of hydrogen-bond acceptors (Lipinski definition) is 9. The third-order valence-electron chi connectivity index (χ3n) is 5.92. The summed E-state index contributed by atoms with van der Waals surface area (Å²) in [5.74, 6) is 1.88. The van der Waals surface area contributed by atoms with Crippen LogP contribution < -0.4 is 18.9 Å². The number of ether oxygens (including phenoxy) is 4. The summed E-state index contributed by atoms with van der Waals surface area (Å²) in [6.45, 7) is 0.115. The number of fused-ring (bicyclic) bond motifs is 2. The number of nitrogens with zero attached hydrogens (tertiary/aromatic N) is 4. The summed E-state index contributed by atoms with van der Waals surface area (Å²) >= 11 is 1.33. The Labute approximate surface area is 220 Å². The molecule has 4 aromatic heterocycles. The van der Waals surface area contributed by atoms with Gasteiger partial charge in [0.1, 0.15) is 40.9 Å². The van der Waals surface area contributed by atoms with E-state index >= 15 is 0 Å². The maximum absolute atomic E-state index is 14.5. The normalized spacial score (nSPS) is 11.3. The second-order valence-corrected chi connectivity index (χ2v) is 9.20. The monoisotopic (exact) mass is 532 g/mol. The van der Waals surface area contributed by atoms with Crippen molar-refractivity contribution in [3.63, 3.8) is 0 Å². The number of pyridine rings is 1. The van der Waals surface area contributed by atoms with Gasteiger partial charge < -0.3 is 23.4 Å². The van der Waals surface area contributed by atoms with Gasteiger partial charge in [-0.25, -0.2) is 9.37 Å². The van der Waals surface area contributed by atoms with E-state index in [0.29, 0.717) is 61.3 Å². The third kappa shape index (κ3) is 4.37. The van der Waals surface area contributed by atoms with Crippen LogP contribution in [0.2, 0.25) is 0 Å². The Hall–Kier alpha value is -4.64. The van der Waals surface area contributed by atoms with Crippen molar-refractivity contribution in [1.82, 2.24) is 19.6 Å². The molecule has 0 saturated carbocycles. The van der Waals surface area contributed by atoms with Crippen molar-refractivity contribution in [1.29, 1.82) is 0 Å². The molecule has 6 rings (SSSR count). The number of hydrogen-bond donors (Lipinski definition) is 0. The molecular formula is C27H21FN4O5S. The highest BCUT2D eigenvalue weighted by Crippen LogP contribution is 2.38. The first-order chi connectivity index (χ1) is 18.5. The maximum atomic E-state index is 14.5. The molecule has 0 N–H and O–H groups in total. The van der Waals surface area contributed by atoms with Crippen molar-refractivity contribution < 1.29 is 27.8 Å². The number of benzene rings is 2. The molecule has 0 aliphatic carbocycles. The summed E-state index contributed by atoms with van der Waals surface area (Å²) in [6, 6.07) is 13.7. The van der Waals surface area contributed by atoms with Crippen molar-refractivity contribution in [2.24, 2.45) is 0 Å². The average Bonchev–Trinajstić information content (AvgIpc) is 3.65. The van der Waals surface area contributed by atoms with Crippen LogP contribution in [-0.2, 0) is 6.61 Å². The second kappa shape index (κ2) is 9.67. The Bertz CT molecular complexity index is 1760. The lowest BCUT2D eigenvalue weighted by Gasteiger charge is -2.11. The largest absolute Gasteiger partial charge is 0.496 e. The lowest BCUT2D eigenvalue weighted by Crippen LogP contribution is -1.98. The van der Waals surface area contributed by atoms with Crippen LogP contribution in [0, 0.1) is 5.82 Å². The molecule has 0 aliphatic rings. The van der Waals surface area contributed by atoms with Gasteiger partial charge in [-0.2, -0.15) is 4.52 Å². The molecule has 0 radical (unpaired) electrons. The Kier molecular flexibility index (Phi) is 6.04. The zero-order valence-corrected chi connectivity index (χ0v) is 21.4. The molecule has 2 aromatic carbocycles. The molecule has 6 aromatic rings. The standard InChI is InChI=1S/C27H21FN4O5S/c1-33-18-4-5-21(29-12-18)16-6-15(7-17(28)8-16)14-36-23-9-19(34-2)10-24-20(23)11-25(37-24)22-13-30-26-32(22)31-27(35-3)38-26/h4-13H,14H2,1-3H3. The first kappa shape index (κ1) is 23.7. The van der Waals surface area contributed by atoms with Crippen molar-refractivity contribution in [2.45, 2.75) is 6.61 Å². The highest BCUT2D eigenvalue weighted by atomic mass is 32.1. The fourth-order valence-corrected chi connectivity index (χ4v) is 4.78. The van der Waals surface area contributed by atoms with E-state index in [-0.39, 0.29) is 12.4 Å². The Balaban J connectivity index is 1.33. The zero-order valence-electron chi connectivity index (χ0n) is 20.6. The van der Waals surface area contributed by atoms with Gasteiger partial charge in [0.25, 0.3) is 5.19 Å². The molecule has 0 saturated heterocycles. The number of rotatable bonds is 8. The summed E-state index contributed by atoms with van der Waals surface area (Å²) < 4.78 is 44.3. The van der Waals surface area contributed by atoms with E-state index in [1.165, 1.54) is 23.5 Å². The molecule has 192 valence electrons. The summed E-state index contributed by atoms with van der Waals surface area (Å²) in [7, 11) is 4.70. The van der Waals surface area contributed by atoms with Crippen LogP contribution >= 0.6 is 11.3 Å². The van der Waals surface area contributed by atoms with Crippen LogP contribution in [0.1, 0.15) is 5.56 Å². The number of halogens is 1. The number of aromatic nitrogens is 4. The van der Waals surface area contributed by atoms with Gasteiger partial charge in [-0.15, -0.1) is 5.10 Å².